The van der Waals surface area contributed by atoms with Crippen LogP contribution in [0.4, 0.5) is 22.0 Å². The maximum absolute atomic E-state index is 13.7. The molecule has 0 spiro atoms. The lowest BCUT2D eigenvalue weighted by molar-refractivity contribution is -0.236. The zero-order chi connectivity index (χ0) is 13.6. The molecule has 1 saturated heterocycles. The fraction of sp³-hybridized carbons (Fsp3) is 0.900. The zero-order valence-corrected chi connectivity index (χ0v) is 9.34. The van der Waals surface area contributed by atoms with E-state index in [1.807, 2.05) is 0 Å². The minimum atomic E-state index is -5.10. The Labute approximate surface area is 99.8 Å². The predicted molar refractivity (Wildman–Crippen MR) is 49.5 cm³/mol. The molecule has 0 aromatic carbocycles. The summed E-state index contributed by atoms with van der Waals surface area (Å²) in [6.07, 6.45) is -4.16. The molecule has 2 aliphatic rings. The topological polar surface area (TPSA) is 29.5 Å². The molecule has 1 unspecified atom stereocenters. The van der Waals surface area contributed by atoms with Crippen molar-refractivity contribution in [2.75, 3.05) is 13.1 Å². The van der Waals surface area contributed by atoms with Crippen molar-refractivity contribution in [1.82, 2.24) is 5.06 Å². The van der Waals surface area contributed by atoms with Crippen LogP contribution in [0.5, 0.6) is 0 Å². The summed E-state index contributed by atoms with van der Waals surface area (Å²) in [5.74, 6) is -6.94. The Balaban J connectivity index is 1.87. The Morgan fingerprint density at radius 2 is 1.67 bits per heavy atom. The van der Waals surface area contributed by atoms with Crippen LogP contribution in [0.3, 0.4) is 0 Å². The number of hydrogen-bond donors (Lipinski definition) is 0. The van der Waals surface area contributed by atoms with E-state index in [-0.39, 0.29) is 19.5 Å². The number of hydroxylamine groups is 2. The molecule has 104 valence electrons. The highest BCUT2D eigenvalue weighted by Crippen LogP contribution is 2.49. The minimum Gasteiger partial charge on any atom is -0.361 e. The molecule has 18 heavy (non-hydrogen) atoms. The Morgan fingerprint density at radius 3 is 2.17 bits per heavy atom. The first-order valence-electron chi connectivity index (χ1n) is 5.63. The Hall–Kier alpha value is -0.920. The van der Waals surface area contributed by atoms with Crippen LogP contribution in [-0.2, 0) is 9.63 Å². The van der Waals surface area contributed by atoms with Crippen molar-refractivity contribution in [2.45, 2.75) is 31.4 Å². The smallest absolute Gasteiger partial charge is 0.361 e. The lowest BCUT2D eigenvalue weighted by Crippen LogP contribution is -2.36. The number of halogens is 5. The van der Waals surface area contributed by atoms with Gasteiger partial charge in [-0.1, -0.05) is 0 Å². The number of rotatable bonds is 3. The van der Waals surface area contributed by atoms with E-state index >= 15 is 0 Å². The van der Waals surface area contributed by atoms with E-state index in [0.29, 0.717) is 17.9 Å². The second-order valence-electron chi connectivity index (χ2n) is 4.70. The number of hydrogen-bond acceptors (Lipinski definition) is 3. The Kier molecular flexibility index (Phi) is 3.25. The molecule has 1 atom stereocenters. The van der Waals surface area contributed by atoms with Gasteiger partial charge in [0.15, 0.2) is 0 Å². The third-order valence-corrected chi connectivity index (χ3v) is 3.26. The van der Waals surface area contributed by atoms with Gasteiger partial charge in [0, 0.05) is 24.9 Å². The van der Waals surface area contributed by atoms with Crippen molar-refractivity contribution in [3.05, 3.63) is 0 Å². The van der Waals surface area contributed by atoms with Crippen LogP contribution in [0.25, 0.3) is 0 Å². The molecular weight excluding hydrogens is 261 g/mol. The van der Waals surface area contributed by atoms with Gasteiger partial charge in [0.2, 0.25) is 0 Å². The monoisotopic (exact) mass is 273 g/mol. The summed E-state index contributed by atoms with van der Waals surface area (Å²) >= 11 is 0. The second-order valence-corrected chi connectivity index (χ2v) is 4.70. The van der Waals surface area contributed by atoms with E-state index in [9.17, 15) is 26.7 Å². The summed E-state index contributed by atoms with van der Waals surface area (Å²) in [7, 11) is 0. The number of alkyl halides is 5. The van der Waals surface area contributed by atoms with Gasteiger partial charge in [-0.25, -0.2) is 13.6 Å². The Morgan fingerprint density at radius 1 is 1.06 bits per heavy atom. The van der Waals surface area contributed by atoms with E-state index in [2.05, 4.69) is 4.84 Å². The highest BCUT2D eigenvalue weighted by Gasteiger charge is 2.54. The van der Waals surface area contributed by atoms with Crippen molar-refractivity contribution in [3.8, 4) is 0 Å². The first kappa shape index (κ1) is 13.5. The molecule has 1 heterocycles. The summed E-state index contributed by atoms with van der Waals surface area (Å²) in [5.41, 5.74) is 0. The van der Waals surface area contributed by atoms with E-state index in [1.54, 1.807) is 0 Å². The lowest BCUT2D eigenvalue weighted by atomic mass is 9.97. The quantitative estimate of drug-likeness (QED) is 0.739. The SMILES string of the molecule is O=C(ON1CCC(C(F)(F)C2CC2)C1)C(F)(F)F. The summed E-state index contributed by atoms with van der Waals surface area (Å²) < 4.78 is 63.1. The number of carbonyl (C=O) groups is 1. The zero-order valence-electron chi connectivity index (χ0n) is 9.34. The Bertz CT molecular complexity index is 340. The first-order chi connectivity index (χ1) is 8.21. The van der Waals surface area contributed by atoms with E-state index in [1.165, 1.54) is 0 Å². The number of carbonyl (C=O) groups excluding carboxylic acids is 1. The largest absolute Gasteiger partial charge is 0.492 e. The molecule has 0 aromatic heterocycles. The van der Waals surface area contributed by atoms with Gasteiger partial charge >= 0.3 is 12.1 Å². The second kappa shape index (κ2) is 4.32. The molecular formula is C10H12F5NO2. The van der Waals surface area contributed by atoms with E-state index in [4.69, 9.17) is 0 Å². The van der Waals surface area contributed by atoms with Gasteiger partial charge in [0.1, 0.15) is 0 Å². The highest BCUT2D eigenvalue weighted by molar-refractivity contribution is 5.75. The van der Waals surface area contributed by atoms with Gasteiger partial charge in [-0.15, -0.1) is 5.06 Å². The van der Waals surface area contributed by atoms with E-state index in [0.717, 1.165) is 0 Å². The van der Waals surface area contributed by atoms with Gasteiger partial charge < -0.3 is 4.84 Å². The lowest BCUT2D eigenvalue weighted by Gasteiger charge is -2.23. The molecule has 2 rings (SSSR count). The van der Waals surface area contributed by atoms with Gasteiger partial charge in [0.25, 0.3) is 5.92 Å². The van der Waals surface area contributed by atoms with Crippen LogP contribution in [-0.4, -0.2) is 36.2 Å². The maximum atomic E-state index is 13.7. The van der Waals surface area contributed by atoms with Crippen LogP contribution in [0, 0.1) is 11.8 Å². The average molecular weight is 273 g/mol. The van der Waals surface area contributed by atoms with Crippen molar-refractivity contribution in [2.24, 2.45) is 11.8 Å². The normalized spacial score (nSPS) is 26.4. The molecule has 0 radical (unpaired) electrons. The van der Waals surface area contributed by atoms with E-state index < -0.39 is 29.9 Å². The van der Waals surface area contributed by atoms with Crippen molar-refractivity contribution in [1.29, 1.82) is 0 Å². The average Bonchev–Trinajstić information content (AvgIpc) is 2.99. The van der Waals surface area contributed by atoms with Gasteiger partial charge in [-0.05, 0) is 19.3 Å². The van der Waals surface area contributed by atoms with Crippen molar-refractivity contribution < 1.29 is 31.6 Å². The fourth-order valence-corrected chi connectivity index (χ4v) is 2.10. The van der Waals surface area contributed by atoms with Gasteiger partial charge in [-0.2, -0.15) is 13.2 Å². The van der Waals surface area contributed by atoms with Crippen LogP contribution in [0.1, 0.15) is 19.3 Å². The van der Waals surface area contributed by atoms with Crippen LogP contribution in [0.2, 0.25) is 0 Å². The molecule has 0 aromatic rings. The van der Waals surface area contributed by atoms with Crippen LogP contribution in [0.15, 0.2) is 0 Å². The van der Waals surface area contributed by atoms with Crippen LogP contribution >= 0.6 is 0 Å². The van der Waals surface area contributed by atoms with Gasteiger partial charge in [0.05, 0.1) is 0 Å². The summed E-state index contributed by atoms with van der Waals surface area (Å²) in [4.78, 5) is 14.6. The first-order valence-corrected chi connectivity index (χ1v) is 5.63. The highest BCUT2D eigenvalue weighted by atomic mass is 19.4. The molecule has 0 amide bonds. The third-order valence-electron chi connectivity index (χ3n) is 3.26. The third kappa shape index (κ3) is 2.73. The van der Waals surface area contributed by atoms with Crippen LogP contribution < -0.4 is 0 Å². The molecule has 3 nitrogen and oxygen atoms in total. The summed E-state index contributed by atoms with van der Waals surface area (Å²) in [6.45, 7) is -0.430. The molecule has 2 fully saturated rings. The summed E-state index contributed by atoms with van der Waals surface area (Å²) in [6, 6.07) is 0. The molecule has 8 heteroatoms. The van der Waals surface area contributed by atoms with Gasteiger partial charge in [-0.3, -0.25) is 0 Å². The molecule has 0 bridgehead atoms. The minimum absolute atomic E-state index is 0.0363. The number of nitrogens with zero attached hydrogens (tertiary/aromatic N) is 1. The van der Waals surface area contributed by atoms with Crippen molar-refractivity contribution in [3.63, 3.8) is 0 Å². The molecule has 1 aliphatic carbocycles. The van der Waals surface area contributed by atoms with Crippen molar-refractivity contribution >= 4 is 5.97 Å². The summed E-state index contributed by atoms with van der Waals surface area (Å²) in [5, 5.41) is 0.677. The standard InChI is InChI=1S/C10H12F5NO2/c11-9(12,6-1-2-6)7-3-4-16(5-7)18-8(17)10(13,14)15/h6-7H,1-5H2. The predicted octanol–water partition coefficient (Wildman–Crippen LogP) is 2.37. The molecule has 1 aliphatic heterocycles. The maximum Gasteiger partial charge on any atom is 0.492 e. The fourth-order valence-electron chi connectivity index (χ4n) is 2.10. The molecule has 0 N–H and O–H groups in total. The molecule has 1 saturated carbocycles.